The summed E-state index contributed by atoms with van der Waals surface area (Å²) in [4.78, 5) is 13.2. The molecule has 25 heavy (non-hydrogen) atoms. The quantitative estimate of drug-likeness (QED) is 0.588. The van der Waals surface area contributed by atoms with Gasteiger partial charge >= 0.3 is 0 Å². The van der Waals surface area contributed by atoms with E-state index in [1.54, 1.807) is 12.5 Å². The molecular weight excluding hydrogens is 314 g/mol. The van der Waals surface area contributed by atoms with Crippen molar-refractivity contribution < 1.29 is 5.11 Å². The molecule has 6 heteroatoms. The Kier molecular flexibility index (Phi) is 4.10. The molecular formula is C19H17N5O. The topological polar surface area (TPSA) is 75.9 Å². The van der Waals surface area contributed by atoms with E-state index in [0.717, 1.165) is 22.4 Å². The Labute approximate surface area is 144 Å². The van der Waals surface area contributed by atoms with Crippen molar-refractivity contribution in [1.82, 2.24) is 19.5 Å². The first kappa shape index (κ1) is 15.3. The van der Waals surface area contributed by atoms with Gasteiger partial charge in [0.2, 0.25) is 5.95 Å². The number of hydrogen-bond acceptors (Lipinski definition) is 5. The molecule has 0 unspecified atom stereocenters. The van der Waals surface area contributed by atoms with Gasteiger partial charge in [-0.3, -0.25) is 4.57 Å². The molecule has 0 fully saturated rings. The maximum absolute atomic E-state index is 9.70. The van der Waals surface area contributed by atoms with Crippen LogP contribution < -0.4 is 5.32 Å². The van der Waals surface area contributed by atoms with Gasteiger partial charge in [-0.25, -0.2) is 9.97 Å². The molecule has 2 heterocycles. The minimum atomic E-state index is -0.268. The SMILES string of the molecule is OC[C@H](Nc1nccc(-n2cnc3ccccc32)n1)c1ccccc1. The molecule has 0 amide bonds. The Morgan fingerprint density at radius 1 is 0.960 bits per heavy atom. The summed E-state index contributed by atoms with van der Waals surface area (Å²) < 4.78 is 1.92. The number of nitrogens with one attached hydrogen (secondary N) is 1. The lowest BCUT2D eigenvalue weighted by Gasteiger charge is -2.17. The van der Waals surface area contributed by atoms with Gasteiger partial charge in [-0.15, -0.1) is 0 Å². The van der Waals surface area contributed by atoms with E-state index in [0.29, 0.717) is 5.95 Å². The van der Waals surface area contributed by atoms with E-state index in [4.69, 9.17) is 0 Å². The third kappa shape index (κ3) is 3.07. The van der Waals surface area contributed by atoms with Crippen molar-refractivity contribution in [1.29, 1.82) is 0 Å². The second-order valence-corrected chi connectivity index (χ2v) is 5.63. The number of hydrogen-bond donors (Lipinski definition) is 2. The number of nitrogens with zero attached hydrogens (tertiary/aromatic N) is 4. The average Bonchev–Trinajstić information content (AvgIpc) is 3.11. The Morgan fingerprint density at radius 3 is 2.60 bits per heavy atom. The highest BCUT2D eigenvalue weighted by atomic mass is 16.3. The summed E-state index contributed by atoms with van der Waals surface area (Å²) >= 11 is 0. The summed E-state index contributed by atoms with van der Waals surface area (Å²) in [5.41, 5.74) is 2.87. The predicted octanol–water partition coefficient (Wildman–Crippen LogP) is 2.96. The zero-order valence-corrected chi connectivity index (χ0v) is 13.4. The number of fused-ring (bicyclic) bond motifs is 1. The summed E-state index contributed by atoms with van der Waals surface area (Å²) in [7, 11) is 0. The number of benzene rings is 2. The lowest BCUT2D eigenvalue weighted by molar-refractivity contribution is 0.276. The fourth-order valence-corrected chi connectivity index (χ4v) is 2.77. The second kappa shape index (κ2) is 6.70. The lowest BCUT2D eigenvalue weighted by Crippen LogP contribution is -2.17. The summed E-state index contributed by atoms with van der Waals surface area (Å²) in [6, 6.07) is 19.2. The van der Waals surface area contributed by atoms with Gasteiger partial charge in [0, 0.05) is 6.20 Å². The van der Waals surface area contributed by atoms with Gasteiger partial charge in [0.15, 0.2) is 0 Å². The number of aromatic nitrogens is 4. The minimum absolute atomic E-state index is 0.0500. The van der Waals surface area contributed by atoms with Crippen molar-refractivity contribution in [2.75, 3.05) is 11.9 Å². The van der Waals surface area contributed by atoms with Crippen molar-refractivity contribution in [3.63, 3.8) is 0 Å². The van der Waals surface area contributed by atoms with Crippen LogP contribution in [0.5, 0.6) is 0 Å². The summed E-state index contributed by atoms with van der Waals surface area (Å²) in [6.45, 7) is -0.0500. The largest absolute Gasteiger partial charge is 0.394 e. The maximum Gasteiger partial charge on any atom is 0.225 e. The average molecular weight is 331 g/mol. The number of para-hydroxylation sites is 2. The van der Waals surface area contributed by atoms with Crippen molar-refractivity contribution >= 4 is 17.0 Å². The fourth-order valence-electron chi connectivity index (χ4n) is 2.77. The highest BCUT2D eigenvalue weighted by Gasteiger charge is 2.12. The Hall–Kier alpha value is -3.25. The van der Waals surface area contributed by atoms with Gasteiger partial charge in [-0.05, 0) is 23.8 Å². The molecule has 0 spiro atoms. The molecule has 0 bridgehead atoms. The molecule has 0 saturated heterocycles. The molecule has 0 aliphatic rings. The van der Waals surface area contributed by atoms with E-state index < -0.39 is 0 Å². The van der Waals surface area contributed by atoms with Gasteiger partial charge in [0.1, 0.15) is 12.1 Å². The predicted molar refractivity (Wildman–Crippen MR) is 96.6 cm³/mol. The van der Waals surface area contributed by atoms with Crippen molar-refractivity contribution in [2.45, 2.75) is 6.04 Å². The molecule has 0 aliphatic heterocycles. The third-order valence-electron chi connectivity index (χ3n) is 4.03. The van der Waals surface area contributed by atoms with Crippen LogP contribution in [0.15, 0.2) is 73.2 Å². The van der Waals surface area contributed by atoms with Crippen LogP contribution >= 0.6 is 0 Å². The summed E-state index contributed by atoms with van der Waals surface area (Å²) in [5.74, 6) is 1.18. The van der Waals surface area contributed by atoms with E-state index in [1.165, 1.54) is 0 Å². The summed E-state index contributed by atoms with van der Waals surface area (Å²) in [5, 5.41) is 12.9. The molecule has 2 N–H and O–H groups in total. The molecule has 124 valence electrons. The van der Waals surface area contributed by atoms with Crippen LogP contribution in [-0.2, 0) is 0 Å². The fraction of sp³-hybridized carbons (Fsp3) is 0.105. The molecule has 0 aliphatic carbocycles. The molecule has 0 saturated carbocycles. The molecule has 2 aromatic heterocycles. The van der Waals surface area contributed by atoms with Gasteiger partial charge < -0.3 is 10.4 Å². The first-order chi connectivity index (χ1) is 12.3. The number of aliphatic hydroxyl groups is 1. The highest BCUT2D eigenvalue weighted by Crippen LogP contribution is 2.19. The molecule has 0 radical (unpaired) electrons. The lowest BCUT2D eigenvalue weighted by atomic mass is 10.1. The maximum atomic E-state index is 9.70. The Balaban J connectivity index is 1.65. The third-order valence-corrected chi connectivity index (χ3v) is 4.03. The van der Waals surface area contributed by atoms with Crippen LogP contribution in [0.3, 0.4) is 0 Å². The van der Waals surface area contributed by atoms with Crippen LogP contribution in [0.1, 0.15) is 11.6 Å². The molecule has 4 aromatic rings. The van der Waals surface area contributed by atoms with Crippen LogP contribution in [0, 0.1) is 0 Å². The van der Waals surface area contributed by atoms with Crippen molar-refractivity contribution in [3.05, 3.63) is 78.8 Å². The normalized spacial score (nSPS) is 12.2. The number of rotatable bonds is 5. The molecule has 2 aromatic carbocycles. The van der Waals surface area contributed by atoms with E-state index >= 15 is 0 Å². The number of aliphatic hydroxyl groups excluding tert-OH is 1. The monoisotopic (exact) mass is 331 g/mol. The zero-order chi connectivity index (χ0) is 17.1. The minimum Gasteiger partial charge on any atom is -0.394 e. The smallest absolute Gasteiger partial charge is 0.225 e. The standard InChI is InChI=1S/C19H17N5O/c25-12-16(14-6-2-1-3-7-14)22-19-20-11-10-18(23-19)24-13-21-15-8-4-5-9-17(15)24/h1-11,13,16,25H,12H2,(H,20,22,23)/t16-/m0/s1. The van der Waals surface area contributed by atoms with Crippen molar-refractivity contribution in [3.8, 4) is 5.82 Å². The van der Waals surface area contributed by atoms with Gasteiger partial charge in [-0.2, -0.15) is 4.98 Å². The van der Waals surface area contributed by atoms with Crippen LogP contribution in [-0.4, -0.2) is 31.2 Å². The van der Waals surface area contributed by atoms with Crippen molar-refractivity contribution in [2.24, 2.45) is 0 Å². The van der Waals surface area contributed by atoms with Crippen LogP contribution in [0.25, 0.3) is 16.9 Å². The van der Waals surface area contributed by atoms with Crippen LogP contribution in [0.2, 0.25) is 0 Å². The highest BCUT2D eigenvalue weighted by molar-refractivity contribution is 5.76. The van der Waals surface area contributed by atoms with E-state index in [9.17, 15) is 5.11 Å². The molecule has 6 nitrogen and oxygen atoms in total. The van der Waals surface area contributed by atoms with E-state index in [-0.39, 0.29) is 12.6 Å². The molecule has 1 atom stereocenters. The Bertz CT molecular complexity index is 983. The van der Waals surface area contributed by atoms with Gasteiger partial charge in [0.25, 0.3) is 0 Å². The van der Waals surface area contributed by atoms with E-state index in [1.807, 2.05) is 65.2 Å². The van der Waals surface area contributed by atoms with Gasteiger partial charge in [-0.1, -0.05) is 42.5 Å². The van der Waals surface area contributed by atoms with E-state index in [2.05, 4.69) is 20.3 Å². The second-order valence-electron chi connectivity index (χ2n) is 5.63. The first-order valence-corrected chi connectivity index (χ1v) is 8.03. The Morgan fingerprint density at radius 2 is 1.76 bits per heavy atom. The van der Waals surface area contributed by atoms with Gasteiger partial charge in [0.05, 0.1) is 23.7 Å². The summed E-state index contributed by atoms with van der Waals surface area (Å²) in [6.07, 6.45) is 3.44. The molecule has 4 rings (SSSR count). The zero-order valence-electron chi connectivity index (χ0n) is 13.4. The first-order valence-electron chi connectivity index (χ1n) is 8.03. The van der Waals surface area contributed by atoms with Crippen LogP contribution in [0.4, 0.5) is 5.95 Å². The number of anilines is 1. The number of imidazole rings is 1.